The summed E-state index contributed by atoms with van der Waals surface area (Å²) in [5.41, 5.74) is 1.01. The van der Waals surface area contributed by atoms with Crippen LogP contribution in [0.25, 0.3) is 5.57 Å². The van der Waals surface area contributed by atoms with E-state index in [1.807, 2.05) is 6.08 Å². The molecule has 1 aromatic rings. The molecule has 0 unspecified atom stereocenters. The number of nitrogens with zero attached hydrogens (tertiary/aromatic N) is 2. The van der Waals surface area contributed by atoms with Crippen molar-refractivity contribution in [3.05, 3.63) is 36.4 Å². The first kappa shape index (κ1) is 9.71. The van der Waals surface area contributed by atoms with Crippen LogP contribution in [-0.4, -0.2) is 20.6 Å². The van der Waals surface area contributed by atoms with Gasteiger partial charge in [0.2, 0.25) is 0 Å². The van der Waals surface area contributed by atoms with E-state index >= 15 is 0 Å². The Bertz CT molecular complexity index is 430. The average molecular weight is 204 g/mol. The molecule has 1 N–H and O–H groups in total. The number of imidazole rings is 1. The molecule has 0 amide bonds. The van der Waals surface area contributed by atoms with Gasteiger partial charge in [0.15, 0.2) is 0 Å². The molecule has 2 rings (SSSR count). The van der Waals surface area contributed by atoms with Gasteiger partial charge < -0.3 is 9.67 Å². The van der Waals surface area contributed by atoms with Crippen molar-refractivity contribution >= 4 is 11.5 Å². The average Bonchev–Trinajstić information content (AvgIpc) is 2.66. The topological polar surface area (TPSA) is 55.1 Å². The van der Waals surface area contributed by atoms with E-state index in [0.717, 1.165) is 24.2 Å². The highest BCUT2D eigenvalue weighted by molar-refractivity contribution is 5.72. The maximum absolute atomic E-state index is 10.6. The second-order valence-electron chi connectivity index (χ2n) is 3.41. The number of carboxylic acid groups (broad SMARTS) is 1. The van der Waals surface area contributed by atoms with Gasteiger partial charge in [0, 0.05) is 18.0 Å². The largest absolute Gasteiger partial charge is 0.480 e. The molecule has 0 saturated heterocycles. The molecular formula is C11H12N2O2. The van der Waals surface area contributed by atoms with Crippen molar-refractivity contribution in [1.29, 1.82) is 0 Å². The van der Waals surface area contributed by atoms with Crippen LogP contribution in [0.5, 0.6) is 0 Å². The van der Waals surface area contributed by atoms with Crippen LogP contribution in [0.3, 0.4) is 0 Å². The molecule has 1 aliphatic carbocycles. The van der Waals surface area contributed by atoms with Crippen molar-refractivity contribution < 1.29 is 9.90 Å². The summed E-state index contributed by atoms with van der Waals surface area (Å²) in [6.45, 7) is -0.0412. The number of aliphatic carboxylic acids is 1. The van der Waals surface area contributed by atoms with Crippen LogP contribution in [0.15, 0.2) is 30.6 Å². The summed E-state index contributed by atoms with van der Waals surface area (Å²) in [5, 5.41) is 8.72. The molecule has 78 valence electrons. The quantitative estimate of drug-likeness (QED) is 0.815. The zero-order valence-electron chi connectivity index (χ0n) is 8.26. The number of hydrogen-bond donors (Lipinski definition) is 1. The van der Waals surface area contributed by atoms with E-state index in [0.29, 0.717) is 0 Å². The molecule has 0 bridgehead atoms. The van der Waals surface area contributed by atoms with E-state index in [-0.39, 0.29) is 6.54 Å². The lowest BCUT2D eigenvalue weighted by molar-refractivity contribution is -0.137. The third-order valence-corrected chi connectivity index (χ3v) is 2.27. The van der Waals surface area contributed by atoms with E-state index in [9.17, 15) is 4.79 Å². The molecule has 1 aliphatic rings. The number of carbonyl (C=O) groups is 1. The van der Waals surface area contributed by atoms with Crippen molar-refractivity contribution in [3.8, 4) is 0 Å². The number of hydrogen-bond acceptors (Lipinski definition) is 2. The number of aromatic nitrogens is 2. The fourth-order valence-corrected chi connectivity index (χ4v) is 1.62. The van der Waals surface area contributed by atoms with Crippen molar-refractivity contribution in [3.63, 3.8) is 0 Å². The van der Waals surface area contributed by atoms with Gasteiger partial charge in [0.25, 0.3) is 0 Å². The summed E-state index contributed by atoms with van der Waals surface area (Å²) in [6.07, 6.45) is 11.5. The predicted molar refractivity (Wildman–Crippen MR) is 56.2 cm³/mol. The van der Waals surface area contributed by atoms with Gasteiger partial charge in [0.05, 0.1) is 0 Å². The highest BCUT2D eigenvalue weighted by Gasteiger charge is 2.10. The van der Waals surface area contributed by atoms with E-state index in [1.54, 1.807) is 17.0 Å². The molecule has 0 fully saturated rings. The second kappa shape index (κ2) is 4.13. The zero-order valence-corrected chi connectivity index (χ0v) is 8.26. The molecule has 1 heterocycles. The van der Waals surface area contributed by atoms with Gasteiger partial charge in [-0.25, -0.2) is 4.98 Å². The standard InChI is InChI=1S/C11H12N2O2/c14-10(15)8-13-7-6-12-11(13)9-4-2-1-3-5-9/h2,4-7H,1,3,8H2,(H,14,15). The molecule has 0 aliphatic heterocycles. The predicted octanol–water partition coefficient (Wildman–Crippen LogP) is 1.70. The minimum atomic E-state index is -0.852. The van der Waals surface area contributed by atoms with E-state index < -0.39 is 5.97 Å². The second-order valence-corrected chi connectivity index (χ2v) is 3.41. The fraction of sp³-hybridized carbons (Fsp3) is 0.273. The van der Waals surface area contributed by atoms with Gasteiger partial charge in [-0.1, -0.05) is 18.2 Å². The lowest BCUT2D eigenvalue weighted by Crippen LogP contribution is -2.10. The molecule has 4 heteroatoms. The molecule has 0 aromatic carbocycles. The van der Waals surface area contributed by atoms with Crippen LogP contribution >= 0.6 is 0 Å². The first-order valence-corrected chi connectivity index (χ1v) is 4.87. The summed E-state index contributed by atoms with van der Waals surface area (Å²) in [7, 11) is 0. The molecule has 4 nitrogen and oxygen atoms in total. The minimum absolute atomic E-state index is 0.0412. The van der Waals surface area contributed by atoms with Crippen LogP contribution < -0.4 is 0 Å². The van der Waals surface area contributed by atoms with Crippen molar-refractivity contribution in [1.82, 2.24) is 9.55 Å². The van der Waals surface area contributed by atoms with Crippen molar-refractivity contribution in [2.24, 2.45) is 0 Å². The van der Waals surface area contributed by atoms with Gasteiger partial charge in [0.1, 0.15) is 12.4 Å². The van der Waals surface area contributed by atoms with Gasteiger partial charge >= 0.3 is 5.97 Å². The lowest BCUT2D eigenvalue weighted by atomic mass is 10.1. The maximum Gasteiger partial charge on any atom is 0.323 e. The Morgan fingerprint density at radius 1 is 1.53 bits per heavy atom. The van der Waals surface area contributed by atoms with Gasteiger partial charge in [-0.05, 0) is 12.8 Å². The summed E-state index contributed by atoms with van der Waals surface area (Å²) in [5.74, 6) is -0.122. The number of rotatable bonds is 3. The van der Waals surface area contributed by atoms with Crippen LogP contribution in [0.4, 0.5) is 0 Å². The van der Waals surface area contributed by atoms with Gasteiger partial charge in [-0.15, -0.1) is 0 Å². The summed E-state index contributed by atoms with van der Waals surface area (Å²) >= 11 is 0. The molecule has 0 atom stereocenters. The van der Waals surface area contributed by atoms with E-state index in [4.69, 9.17) is 5.11 Å². The minimum Gasteiger partial charge on any atom is -0.480 e. The summed E-state index contributed by atoms with van der Waals surface area (Å²) < 4.78 is 1.64. The summed E-state index contributed by atoms with van der Waals surface area (Å²) in [4.78, 5) is 14.8. The number of allylic oxidation sites excluding steroid dienone is 4. The van der Waals surface area contributed by atoms with Crippen LogP contribution in [0.1, 0.15) is 18.7 Å². The highest BCUT2D eigenvalue weighted by atomic mass is 16.4. The normalized spacial score (nSPS) is 15.1. The Balaban J connectivity index is 2.28. The number of carboxylic acids is 1. The van der Waals surface area contributed by atoms with Crippen molar-refractivity contribution in [2.45, 2.75) is 19.4 Å². The van der Waals surface area contributed by atoms with Gasteiger partial charge in [-0.2, -0.15) is 0 Å². The highest BCUT2D eigenvalue weighted by Crippen LogP contribution is 2.19. The maximum atomic E-state index is 10.6. The summed E-state index contributed by atoms with van der Waals surface area (Å²) in [6, 6.07) is 0. The van der Waals surface area contributed by atoms with Gasteiger partial charge in [-0.3, -0.25) is 4.79 Å². The smallest absolute Gasteiger partial charge is 0.323 e. The Kier molecular flexibility index (Phi) is 2.67. The lowest BCUT2D eigenvalue weighted by Gasteiger charge is -2.08. The Morgan fingerprint density at radius 2 is 2.40 bits per heavy atom. The van der Waals surface area contributed by atoms with Crippen LogP contribution in [0.2, 0.25) is 0 Å². The third-order valence-electron chi connectivity index (χ3n) is 2.27. The molecule has 1 aromatic heterocycles. The monoisotopic (exact) mass is 204 g/mol. The first-order valence-electron chi connectivity index (χ1n) is 4.87. The fourth-order valence-electron chi connectivity index (χ4n) is 1.62. The zero-order chi connectivity index (χ0) is 10.7. The first-order chi connectivity index (χ1) is 7.27. The Hall–Kier alpha value is -1.84. The van der Waals surface area contributed by atoms with Crippen LogP contribution in [-0.2, 0) is 11.3 Å². The van der Waals surface area contributed by atoms with Crippen LogP contribution in [0, 0.1) is 0 Å². The molecular weight excluding hydrogens is 192 g/mol. The Labute approximate surface area is 87.6 Å². The van der Waals surface area contributed by atoms with E-state index in [1.165, 1.54) is 0 Å². The SMILES string of the molecule is O=C(O)Cn1ccnc1C1=CCCC=C1. The Morgan fingerprint density at radius 3 is 3.07 bits per heavy atom. The third kappa shape index (κ3) is 2.15. The van der Waals surface area contributed by atoms with Crippen molar-refractivity contribution in [2.75, 3.05) is 0 Å². The molecule has 0 spiro atoms. The molecule has 0 saturated carbocycles. The molecule has 0 radical (unpaired) electrons. The molecule has 15 heavy (non-hydrogen) atoms. The van der Waals surface area contributed by atoms with E-state index in [2.05, 4.69) is 17.1 Å².